The maximum Gasteiger partial charge on any atom is 0.207 e. The summed E-state index contributed by atoms with van der Waals surface area (Å²) in [6.45, 7) is 0. The Morgan fingerprint density at radius 3 is 2.45 bits per heavy atom. The number of benzene rings is 4. The molecule has 1 heterocycles. The predicted molar refractivity (Wildman–Crippen MR) is 122 cm³/mol. The van der Waals surface area contributed by atoms with E-state index < -0.39 is 5.60 Å². The minimum atomic E-state index is -1.13. The van der Waals surface area contributed by atoms with Crippen LogP contribution in [0.25, 0.3) is 16.8 Å². The Balaban J connectivity index is 1.70. The molecule has 0 N–H and O–H groups in total. The number of fused-ring (bicyclic) bond motifs is 5. The summed E-state index contributed by atoms with van der Waals surface area (Å²) >= 11 is 0. The Labute approximate surface area is 180 Å². The summed E-state index contributed by atoms with van der Waals surface area (Å²) in [5.41, 5.74) is 2.87. The quantitative estimate of drug-likeness (QED) is 0.420. The van der Waals surface area contributed by atoms with Gasteiger partial charge < -0.3 is 9.47 Å². The first-order chi connectivity index (χ1) is 15.2. The molecule has 0 fully saturated rings. The van der Waals surface area contributed by atoms with Crippen LogP contribution in [0.2, 0.25) is 0 Å². The number of carbonyl (C=O) groups is 1. The van der Waals surface area contributed by atoms with E-state index in [0.717, 1.165) is 44.5 Å². The average Bonchev–Trinajstić information content (AvgIpc) is 3.18. The highest BCUT2D eigenvalue weighted by Gasteiger charge is 2.57. The van der Waals surface area contributed by atoms with Gasteiger partial charge in [-0.1, -0.05) is 72.8 Å². The monoisotopic (exact) mass is 404 g/mol. The fourth-order valence-corrected chi connectivity index (χ4v) is 5.10. The SMILES string of the molecule is COc1ccc(C2c3c(ccc4ccccc34)OC23C(=O)C=Cc2ccccc23)cc1. The van der Waals surface area contributed by atoms with Crippen LogP contribution in [0.3, 0.4) is 0 Å². The molecular weight excluding hydrogens is 384 g/mol. The molecule has 0 aromatic heterocycles. The Morgan fingerprint density at radius 2 is 1.61 bits per heavy atom. The van der Waals surface area contributed by atoms with E-state index in [2.05, 4.69) is 18.2 Å². The van der Waals surface area contributed by atoms with Crippen molar-refractivity contribution in [3.63, 3.8) is 0 Å². The Bertz CT molecular complexity index is 1370. The largest absolute Gasteiger partial charge is 0.497 e. The molecule has 0 saturated carbocycles. The van der Waals surface area contributed by atoms with Crippen molar-refractivity contribution in [3.8, 4) is 11.5 Å². The first-order valence-corrected chi connectivity index (χ1v) is 10.4. The van der Waals surface area contributed by atoms with Crippen LogP contribution in [0, 0.1) is 0 Å². The number of hydrogen-bond acceptors (Lipinski definition) is 3. The van der Waals surface area contributed by atoms with Crippen LogP contribution >= 0.6 is 0 Å². The molecule has 2 aliphatic rings. The van der Waals surface area contributed by atoms with Gasteiger partial charge in [-0.15, -0.1) is 0 Å². The lowest BCUT2D eigenvalue weighted by molar-refractivity contribution is -0.130. The van der Waals surface area contributed by atoms with Crippen LogP contribution in [0.5, 0.6) is 11.5 Å². The fourth-order valence-electron chi connectivity index (χ4n) is 5.10. The Hall–Kier alpha value is -3.85. The Kier molecular flexibility index (Phi) is 3.81. The maximum absolute atomic E-state index is 13.7. The first kappa shape index (κ1) is 18.0. The molecule has 4 aromatic rings. The van der Waals surface area contributed by atoms with E-state index in [9.17, 15) is 4.79 Å². The number of ether oxygens (including phenoxy) is 2. The molecule has 2 atom stereocenters. The van der Waals surface area contributed by atoms with E-state index in [0.29, 0.717) is 0 Å². The summed E-state index contributed by atoms with van der Waals surface area (Å²) in [7, 11) is 1.66. The number of carbonyl (C=O) groups excluding carboxylic acids is 1. The van der Waals surface area contributed by atoms with Crippen LogP contribution in [0.15, 0.2) is 91.0 Å². The van der Waals surface area contributed by atoms with E-state index in [-0.39, 0.29) is 11.7 Å². The van der Waals surface area contributed by atoms with Gasteiger partial charge in [-0.3, -0.25) is 4.79 Å². The second kappa shape index (κ2) is 6.58. The molecule has 31 heavy (non-hydrogen) atoms. The summed E-state index contributed by atoms with van der Waals surface area (Å²) in [5, 5.41) is 2.24. The van der Waals surface area contributed by atoms with Crippen molar-refractivity contribution < 1.29 is 14.3 Å². The molecule has 3 heteroatoms. The van der Waals surface area contributed by atoms with E-state index in [4.69, 9.17) is 9.47 Å². The Morgan fingerprint density at radius 1 is 0.839 bits per heavy atom. The van der Waals surface area contributed by atoms with Gasteiger partial charge in [-0.25, -0.2) is 0 Å². The molecule has 1 spiro atoms. The van der Waals surface area contributed by atoms with Crippen molar-refractivity contribution in [1.29, 1.82) is 0 Å². The smallest absolute Gasteiger partial charge is 0.207 e. The molecule has 0 saturated heterocycles. The summed E-state index contributed by atoms with van der Waals surface area (Å²) in [6, 6.07) is 28.3. The van der Waals surface area contributed by atoms with Gasteiger partial charge in [0.1, 0.15) is 11.5 Å². The van der Waals surface area contributed by atoms with Gasteiger partial charge >= 0.3 is 0 Å². The van der Waals surface area contributed by atoms with E-state index in [1.807, 2.05) is 72.8 Å². The number of rotatable bonds is 2. The van der Waals surface area contributed by atoms with Gasteiger partial charge in [-0.05, 0) is 46.2 Å². The number of ketones is 1. The van der Waals surface area contributed by atoms with Crippen molar-refractivity contribution in [1.82, 2.24) is 0 Å². The second-order valence-electron chi connectivity index (χ2n) is 8.03. The second-order valence-corrected chi connectivity index (χ2v) is 8.03. The fraction of sp³-hybridized carbons (Fsp3) is 0.107. The molecule has 0 bridgehead atoms. The topological polar surface area (TPSA) is 35.5 Å². The summed E-state index contributed by atoms with van der Waals surface area (Å²) < 4.78 is 12.1. The molecule has 0 radical (unpaired) electrons. The minimum Gasteiger partial charge on any atom is -0.497 e. The molecule has 3 nitrogen and oxygen atoms in total. The average molecular weight is 404 g/mol. The molecular formula is C28H20O3. The van der Waals surface area contributed by atoms with E-state index in [1.54, 1.807) is 13.2 Å². The summed E-state index contributed by atoms with van der Waals surface area (Å²) in [6.07, 6.45) is 3.55. The van der Waals surface area contributed by atoms with Gasteiger partial charge in [0.2, 0.25) is 11.4 Å². The summed E-state index contributed by atoms with van der Waals surface area (Å²) in [5.74, 6) is 1.23. The number of hydrogen-bond donors (Lipinski definition) is 0. The van der Waals surface area contributed by atoms with Crippen molar-refractivity contribution in [2.45, 2.75) is 11.5 Å². The zero-order valence-electron chi connectivity index (χ0n) is 17.0. The van der Waals surface area contributed by atoms with Crippen molar-refractivity contribution in [2.75, 3.05) is 7.11 Å². The van der Waals surface area contributed by atoms with Crippen LogP contribution in [0.4, 0.5) is 0 Å². The molecule has 1 aliphatic carbocycles. The molecule has 2 unspecified atom stereocenters. The van der Waals surface area contributed by atoms with Gasteiger partial charge in [0.15, 0.2) is 0 Å². The third kappa shape index (κ3) is 2.43. The zero-order valence-corrected chi connectivity index (χ0v) is 17.0. The lowest BCUT2D eigenvalue weighted by atomic mass is 9.69. The molecule has 150 valence electrons. The van der Waals surface area contributed by atoms with Crippen molar-refractivity contribution in [2.24, 2.45) is 0 Å². The highest BCUT2D eigenvalue weighted by Crippen LogP contribution is 2.57. The molecule has 0 amide bonds. The predicted octanol–water partition coefficient (Wildman–Crippen LogP) is 5.86. The third-order valence-electron chi connectivity index (χ3n) is 6.49. The number of methoxy groups -OCH3 is 1. The van der Waals surface area contributed by atoms with Crippen molar-refractivity contribution in [3.05, 3.63) is 113 Å². The van der Waals surface area contributed by atoms with Gasteiger partial charge in [0.25, 0.3) is 0 Å². The zero-order chi connectivity index (χ0) is 21.0. The molecule has 4 aromatic carbocycles. The lowest BCUT2D eigenvalue weighted by Crippen LogP contribution is -2.45. The van der Waals surface area contributed by atoms with Crippen LogP contribution in [0.1, 0.15) is 28.2 Å². The molecule has 6 rings (SSSR count). The maximum atomic E-state index is 13.7. The highest BCUT2D eigenvalue weighted by atomic mass is 16.5. The van der Waals surface area contributed by atoms with Crippen LogP contribution in [-0.4, -0.2) is 12.9 Å². The van der Waals surface area contributed by atoms with Gasteiger partial charge in [0.05, 0.1) is 13.0 Å². The summed E-state index contributed by atoms with van der Waals surface area (Å²) in [4.78, 5) is 13.7. The van der Waals surface area contributed by atoms with E-state index >= 15 is 0 Å². The van der Waals surface area contributed by atoms with Crippen LogP contribution in [-0.2, 0) is 10.4 Å². The minimum absolute atomic E-state index is 0.0349. The highest BCUT2D eigenvalue weighted by molar-refractivity contribution is 6.07. The normalized spacial score (nSPS) is 21.1. The van der Waals surface area contributed by atoms with Gasteiger partial charge in [-0.2, -0.15) is 0 Å². The molecule has 1 aliphatic heterocycles. The van der Waals surface area contributed by atoms with Crippen molar-refractivity contribution >= 4 is 22.6 Å². The van der Waals surface area contributed by atoms with Gasteiger partial charge in [0, 0.05) is 11.1 Å². The lowest BCUT2D eigenvalue weighted by Gasteiger charge is -2.36. The first-order valence-electron chi connectivity index (χ1n) is 10.4. The van der Waals surface area contributed by atoms with Crippen LogP contribution < -0.4 is 9.47 Å². The third-order valence-corrected chi connectivity index (χ3v) is 6.49. The standard InChI is InChI=1S/C28H20O3/c1-30-21-14-10-20(11-15-21)27-26-22-8-4-2-6-18(22)12-16-24(26)31-28(27)23-9-5-3-7-19(23)13-17-25(28)29/h2-17,27H,1H3. The van der Waals surface area contributed by atoms with E-state index in [1.165, 1.54) is 0 Å².